The Morgan fingerprint density at radius 3 is 2.10 bits per heavy atom. The quantitative estimate of drug-likeness (QED) is 0.637. The Balaban J connectivity index is 1.83. The number of carbonyl (C=O) groups is 3. The lowest BCUT2D eigenvalue weighted by Crippen LogP contribution is -2.44. The Hall–Kier alpha value is -2.46. The third-order valence-corrected chi connectivity index (χ3v) is 7.59. The molecule has 0 spiro atoms. The summed E-state index contributed by atoms with van der Waals surface area (Å²) in [6.45, 7) is 1.85. The van der Waals surface area contributed by atoms with Crippen molar-refractivity contribution in [3.63, 3.8) is 0 Å². The first-order valence-corrected chi connectivity index (χ1v) is 11.3. The van der Waals surface area contributed by atoms with Gasteiger partial charge in [0.15, 0.2) is 0 Å². The van der Waals surface area contributed by atoms with Gasteiger partial charge in [-0.3, -0.25) is 4.79 Å². The molecule has 0 saturated carbocycles. The molecule has 2 aliphatic heterocycles. The second-order valence-corrected chi connectivity index (χ2v) is 9.31. The lowest BCUT2D eigenvalue weighted by atomic mass is 9.97. The van der Waals surface area contributed by atoms with Crippen molar-refractivity contribution in [2.75, 3.05) is 40.4 Å². The minimum atomic E-state index is -4.08. The summed E-state index contributed by atoms with van der Waals surface area (Å²) in [4.78, 5) is 38.2. The molecule has 0 aliphatic carbocycles. The smallest absolute Gasteiger partial charge is 0.339 e. The van der Waals surface area contributed by atoms with E-state index in [2.05, 4.69) is 4.74 Å². The van der Waals surface area contributed by atoms with Crippen LogP contribution >= 0.6 is 0 Å². The van der Waals surface area contributed by atoms with Crippen molar-refractivity contribution in [2.45, 2.75) is 30.6 Å². The van der Waals surface area contributed by atoms with Crippen molar-refractivity contribution in [2.24, 2.45) is 5.92 Å². The van der Waals surface area contributed by atoms with Gasteiger partial charge in [-0.1, -0.05) is 0 Å². The molecule has 0 unspecified atom stereocenters. The zero-order valence-electron chi connectivity index (χ0n) is 17.1. The molecule has 2 heterocycles. The van der Waals surface area contributed by atoms with Crippen LogP contribution in [0.15, 0.2) is 23.1 Å². The molecule has 0 bridgehead atoms. The maximum atomic E-state index is 13.3. The molecule has 30 heavy (non-hydrogen) atoms. The second kappa shape index (κ2) is 9.13. The standard InChI is InChI=1S/C20H26N2O7S/c1-28-19(24)15-5-6-16(20(25)29-2)17(13-15)30(26,27)22-11-7-14(8-12-22)18(23)21-9-3-4-10-21/h5-6,13-14H,3-4,7-12H2,1-2H3. The number of amides is 1. The summed E-state index contributed by atoms with van der Waals surface area (Å²) in [5, 5.41) is 0. The fraction of sp³-hybridized carbons (Fsp3) is 0.550. The summed E-state index contributed by atoms with van der Waals surface area (Å²) < 4.78 is 37.2. The van der Waals surface area contributed by atoms with Crippen molar-refractivity contribution in [3.05, 3.63) is 29.3 Å². The van der Waals surface area contributed by atoms with Crippen LogP contribution in [0, 0.1) is 5.92 Å². The molecule has 3 rings (SSSR count). The van der Waals surface area contributed by atoms with Gasteiger partial charge in [-0.05, 0) is 43.9 Å². The van der Waals surface area contributed by atoms with Crippen LogP contribution in [0.4, 0.5) is 0 Å². The number of piperidine rings is 1. The van der Waals surface area contributed by atoms with E-state index < -0.39 is 22.0 Å². The molecule has 0 atom stereocenters. The van der Waals surface area contributed by atoms with E-state index in [1.165, 1.54) is 23.5 Å². The third-order valence-electron chi connectivity index (χ3n) is 5.65. The van der Waals surface area contributed by atoms with Gasteiger partial charge in [0, 0.05) is 32.1 Å². The normalized spacial score (nSPS) is 18.3. The fourth-order valence-electron chi connectivity index (χ4n) is 3.94. The fourth-order valence-corrected chi connectivity index (χ4v) is 5.61. The number of ether oxygens (including phenoxy) is 2. The number of sulfonamides is 1. The zero-order chi connectivity index (χ0) is 21.9. The number of nitrogens with zero attached hydrogens (tertiary/aromatic N) is 2. The van der Waals surface area contributed by atoms with Gasteiger partial charge in [-0.2, -0.15) is 4.31 Å². The molecule has 2 aliphatic rings. The van der Waals surface area contributed by atoms with Crippen LogP contribution in [-0.2, 0) is 24.3 Å². The zero-order valence-corrected chi connectivity index (χ0v) is 17.9. The van der Waals surface area contributed by atoms with Gasteiger partial charge < -0.3 is 14.4 Å². The van der Waals surface area contributed by atoms with E-state index in [1.54, 1.807) is 0 Å². The van der Waals surface area contributed by atoms with Crippen LogP contribution in [0.3, 0.4) is 0 Å². The number of esters is 2. The lowest BCUT2D eigenvalue weighted by Gasteiger charge is -2.32. The third kappa shape index (κ3) is 4.34. The summed E-state index contributed by atoms with van der Waals surface area (Å²) in [5.74, 6) is -1.63. The van der Waals surface area contributed by atoms with Gasteiger partial charge in [0.25, 0.3) is 0 Å². The molecule has 1 aromatic carbocycles. The Bertz CT molecular complexity index is 930. The maximum absolute atomic E-state index is 13.3. The van der Waals surface area contributed by atoms with E-state index in [4.69, 9.17) is 4.74 Å². The number of benzene rings is 1. The Kier molecular flexibility index (Phi) is 6.77. The van der Waals surface area contributed by atoms with Crippen LogP contribution in [0.2, 0.25) is 0 Å². The van der Waals surface area contributed by atoms with Gasteiger partial charge in [-0.15, -0.1) is 0 Å². The summed E-state index contributed by atoms with van der Waals surface area (Å²) in [6.07, 6.45) is 2.84. The molecule has 10 heteroatoms. The molecule has 2 saturated heterocycles. The molecule has 0 radical (unpaired) electrons. The molecular formula is C20H26N2O7S. The number of hydrogen-bond donors (Lipinski definition) is 0. The molecule has 1 aromatic rings. The minimum absolute atomic E-state index is 0.0165. The highest BCUT2D eigenvalue weighted by Gasteiger charge is 2.36. The Morgan fingerprint density at radius 1 is 0.933 bits per heavy atom. The highest BCUT2D eigenvalue weighted by molar-refractivity contribution is 7.89. The number of carbonyl (C=O) groups excluding carboxylic acids is 3. The van der Waals surface area contributed by atoms with Crippen LogP contribution in [-0.4, -0.2) is 75.9 Å². The van der Waals surface area contributed by atoms with Gasteiger partial charge in [0.2, 0.25) is 15.9 Å². The van der Waals surface area contributed by atoms with E-state index in [0.29, 0.717) is 12.8 Å². The topological polar surface area (TPSA) is 110 Å². The van der Waals surface area contributed by atoms with Crippen molar-refractivity contribution in [3.8, 4) is 0 Å². The molecular weight excluding hydrogens is 412 g/mol. The number of likely N-dealkylation sites (tertiary alicyclic amines) is 1. The van der Waals surface area contributed by atoms with Crippen molar-refractivity contribution in [1.82, 2.24) is 9.21 Å². The second-order valence-electron chi connectivity index (χ2n) is 7.40. The van der Waals surface area contributed by atoms with Gasteiger partial charge >= 0.3 is 11.9 Å². The van der Waals surface area contributed by atoms with E-state index in [0.717, 1.165) is 39.1 Å². The maximum Gasteiger partial charge on any atom is 0.339 e. The minimum Gasteiger partial charge on any atom is -0.465 e. The average Bonchev–Trinajstić information content (AvgIpc) is 3.32. The SMILES string of the molecule is COC(=O)c1ccc(C(=O)OC)c(S(=O)(=O)N2CCC(C(=O)N3CCCC3)CC2)c1. The molecule has 164 valence electrons. The summed E-state index contributed by atoms with van der Waals surface area (Å²) in [7, 11) is -1.74. The van der Waals surface area contributed by atoms with E-state index in [-0.39, 0.29) is 40.9 Å². The number of rotatable bonds is 5. The predicted molar refractivity (Wildman–Crippen MR) is 106 cm³/mol. The highest BCUT2D eigenvalue weighted by atomic mass is 32.2. The van der Waals surface area contributed by atoms with E-state index in [1.807, 2.05) is 4.90 Å². The Morgan fingerprint density at radius 2 is 1.53 bits per heavy atom. The monoisotopic (exact) mass is 438 g/mol. The van der Waals surface area contributed by atoms with Gasteiger partial charge in [0.05, 0.1) is 30.2 Å². The first-order valence-electron chi connectivity index (χ1n) is 9.89. The van der Waals surface area contributed by atoms with Gasteiger partial charge in [-0.25, -0.2) is 18.0 Å². The van der Waals surface area contributed by atoms with Crippen LogP contribution in [0.5, 0.6) is 0 Å². The van der Waals surface area contributed by atoms with Crippen molar-refractivity contribution < 1.29 is 32.3 Å². The Labute approximate surface area is 176 Å². The van der Waals surface area contributed by atoms with Crippen LogP contribution < -0.4 is 0 Å². The first-order chi connectivity index (χ1) is 14.3. The molecule has 1 amide bonds. The number of methoxy groups -OCH3 is 2. The summed E-state index contributed by atoms with van der Waals surface area (Å²) >= 11 is 0. The van der Waals surface area contributed by atoms with E-state index >= 15 is 0 Å². The van der Waals surface area contributed by atoms with E-state index in [9.17, 15) is 22.8 Å². The lowest BCUT2D eigenvalue weighted by molar-refractivity contribution is -0.135. The van der Waals surface area contributed by atoms with Crippen LogP contribution in [0.1, 0.15) is 46.4 Å². The largest absolute Gasteiger partial charge is 0.465 e. The van der Waals surface area contributed by atoms with Crippen LogP contribution in [0.25, 0.3) is 0 Å². The molecule has 0 N–H and O–H groups in total. The van der Waals surface area contributed by atoms with Crippen molar-refractivity contribution >= 4 is 27.9 Å². The highest BCUT2D eigenvalue weighted by Crippen LogP contribution is 2.29. The average molecular weight is 439 g/mol. The van der Waals surface area contributed by atoms with Gasteiger partial charge in [0.1, 0.15) is 0 Å². The summed E-state index contributed by atoms with van der Waals surface area (Å²) in [5.41, 5.74) is -0.136. The predicted octanol–water partition coefficient (Wildman–Crippen LogP) is 1.28. The summed E-state index contributed by atoms with van der Waals surface area (Å²) in [6, 6.07) is 3.70. The molecule has 2 fully saturated rings. The van der Waals surface area contributed by atoms with Crippen molar-refractivity contribution in [1.29, 1.82) is 0 Å². The number of hydrogen-bond acceptors (Lipinski definition) is 7. The molecule has 0 aromatic heterocycles. The molecule has 9 nitrogen and oxygen atoms in total. The first kappa shape index (κ1) is 22.2.